The van der Waals surface area contributed by atoms with Crippen LogP contribution in [0.2, 0.25) is 0 Å². The van der Waals surface area contributed by atoms with Crippen LogP contribution in [0.5, 0.6) is 0 Å². The highest BCUT2D eigenvalue weighted by atomic mass is 19.4. The molecule has 1 fully saturated rings. The first-order chi connectivity index (χ1) is 14.6. The van der Waals surface area contributed by atoms with Crippen LogP contribution in [0.3, 0.4) is 0 Å². The number of nitrogens with one attached hydrogen (secondary N) is 1. The van der Waals surface area contributed by atoms with Gasteiger partial charge in [0.2, 0.25) is 5.91 Å². The first-order valence-electron chi connectivity index (χ1n) is 9.69. The largest absolute Gasteiger partial charge is 0.417 e. The van der Waals surface area contributed by atoms with Crippen molar-refractivity contribution < 1.29 is 22.9 Å². The maximum atomic E-state index is 12.7. The summed E-state index contributed by atoms with van der Waals surface area (Å²) in [6.45, 7) is 4.00. The molecule has 11 heteroatoms. The second-order valence-electron chi connectivity index (χ2n) is 7.35. The summed E-state index contributed by atoms with van der Waals surface area (Å²) < 4.78 is 38.1. The molecule has 8 nitrogen and oxygen atoms in total. The highest BCUT2D eigenvalue weighted by Gasteiger charge is 2.31. The molecular formula is C20H22F3N5O3. The fourth-order valence-corrected chi connectivity index (χ4v) is 3.39. The van der Waals surface area contributed by atoms with Crippen molar-refractivity contribution in [1.82, 2.24) is 9.88 Å². The van der Waals surface area contributed by atoms with Crippen LogP contribution in [-0.4, -0.2) is 53.4 Å². The highest BCUT2D eigenvalue weighted by molar-refractivity contribution is 5.94. The van der Waals surface area contributed by atoms with Crippen LogP contribution in [0.25, 0.3) is 0 Å². The normalized spacial score (nSPS) is 15.4. The van der Waals surface area contributed by atoms with E-state index in [1.165, 1.54) is 18.2 Å². The SMILES string of the molecule is Cc1ccc(NC(=O)CN2CCCN(c3ccc(C(F)(F)F)cn3)CC2)c([N+](=O)[O-])c1. The lowest BCUT2D eigenvalue weighted by Crippen LogP contribution is -2.36. The van der Waals surface area contributed by atoms with E-state index in [0.717, 1.165) is 12.3 Å². The Hall–Kier alpha value is -3.21. The molecule has 166 valence electrons. The van der Waals surface area contributed by atoms with E-state index in [9.17, 15) is 28.1 Å². The fraction of sp³-hybridized carbons (Fsp3) is 0.400. The molecule has 1 aliphatic heterocycles. The van der Waals surface area contributed by atoms with Gasteiger partial charge in [0.25, 0.3) is 5.69 Å². The molecular weight excluding hydrogens is 415 g/mol. The molecule has 1 saturated heterocycles. The number of nitro benzene ring substituents is 1. The quantitative estimate of drug-likeness (QED) is 0.569. The third-order valence-corrected chi connectivity index (χ3v) is 4.98. The molecule has 2 aromatic rings. The van der Waals surface area contributed by atoms with Crippen molar-refractivity contribution in [2.75, 3.05) is 42.9 Å². The standard InChI is InChI=1S/C20H22F3N5O3/c1-14-3-5-16(17(11-14)28(30)31)25-19(29)13-26-7-2-8-27(10-9-26)18-6-4-15(12-24-18)20(21,22)23/h3-6,11-12H,2,7-10,13H2,1H3,(H,25,29). The van der Waals surface area contributed by atoms with E-state index in [4.69, 9.17) is 0 Å². The van der Waals surface area contributed by atoms with Crippen molar-refractivity contribution in [3.05, 3.63) is 57.8 Å². The van der Waals surface area contributed by atoms with Gasteiger partial charge in [-0.2, -0.15) is 13.2 Å². The Bertz CT molecular complexity index is 950. The van der Waals surface area contributed by atoms with Gasteiger partial charge in [0.1, 0.15) is 11.5 Å². The third-order valence-electron chi connectivity index (χ3n) is 4.98. The molecule has 0 spiro atoms. The van der Waals surface area contributed by atoms with Crippen molar-refractivity contribution in [1.29, 1.82) is 0 Å². The Balaban J connectivity index is 1.58. The van der Waals surface area contributed by atoms with E-state index < -0.39 is 16.7 Å². The van der Waals surface area contributed by atoms with Gasteiger partial charge >= 0.3 is 6.18 Å². The van der Waals surface area contributed by atoms with Crippen molar-refractivity contribution in [3.63, 3.8) is 0 Å². The summed E-state index contributed by atoms with van der Waals surface area (Å²) in [7, 11) is 0. The molecule has 1 aromatic carbocycles. The topological polar surface area (TPSA) is 91.6 Å². The number of nitrogens with zero attached hydrogens (tertiary/aromatic N) is 4. The number of hydrogen-bond donors (Lipinski definition) is 1. The van der Waals surface area contributed by atoms with Gasteiger partial charge in [0, 0.05) is 38.4 Å². The number of nitro groups is 1. The number of carbonyl (C=O) groups is 1. The maximum absolute atomic E-state index is 12.7. The number of benzene rings is 1. The van der Waals surface area contributed by atoms with E-state index in [1.807, 2.05) is 9.80 Å². The van der Waals surface area contributed by atoms with Crippen LogP contribution >= 0.6 is 0 Å². The van der Waals surface area contributed by atoms with Gasteiger partial charge in [-0.15, -0.1) is 0 Å². The molecule has 0 unspecified atom stereocenters. The second kappa shape index (κ2) is 9.29. The molecule has 1 N–H and O–H groups in total. The average Bonchev–Trinajstić information content (AvgIpc) is 2.94. The minimum absolute atomic E-state index is 0.0549. The number of aromatic nitrogens is 1. The second-order valence-corrected chi connectivity index (χ2v) is 7.35. The van der Waals surface area contributed by atoms with Gasteiger partial charge in [0.15, 0.2) is 0 Å². The summed E-state index contributed by atoms with van der Waals surface area (Å²) in [5, 5.41) is 13.8. The zero-order valence-corrected chi connectivity index (χ0v) is 16.9. The Kier molecular flexibility index (Phi) is 6.74. The summed E-state index contributed by atoms with van der Waals surface area (Å²) >= 11 is 0. The monoisotopic (exact) mass is 437 g/mol. The zero-order valence-electron chi connectivity index (χ0n) is 16.9. The molecule has 2 heterocycles. The predicted octanol–water partition coefficient (Wildman–Crippen LogP) is 3.47. The highest BCUT2D eigenvalue weighted by Crippen LogP contribution is 2.29. The van der Waals surface area contributed by atoms with Crippen molar-refractivity contribution in [3.8, 4) is 0 Å². The zero-order chi connectivity index (χ0) is 22.6. The van der Waals surface area contributed by atoms with Crippen LogP contribution in [-0.2, 0) is 11.0 Å². The van der Waals surface area contributed by atoms with E-state index in [-0.39, 0.29) is 23.8 Å². The molecule has 0 radical (unpaired) electrons. The molecule has 0 aliphatic carbocycles. The summed E-state index contributed by atoms with van der Waals surface area (Å²) in [5.41, 5.74) is -0.0986. The van der Waals surface area contributed by atoms with E-state index in [1.54, 1.807) is 13.0 Å². The number of pyridine rings is 1. The molecule has 31 heavy (non-hydrogen) atoms. The summed E-state index contributed by atoms with van der Waals surface area (Å²) in [6, 6.07) is 6.94. The molecule has 1 aliphatic rings. The minimum atomic E-state index is -4.43. The molecule has 0 bridgehead atoms. The van der Waals surface area contributed by atoms with Crippen molar-refractivity contribution in [2.24, 2.45) is 0 Å². The molecule has 1 aromatic heterocycles. The summed E-state index contributed by atoms with van der Waals surface area (Å²) in [6.07, 6.45) is -2.92. The number of alkyl halides is 3. The molecule has 1 amide bonds. The van der Waals surface area contributed by atoms with Gasteiger partial charge in [-0.3, -0.25) is 19.8 Å². The number of aryl methyl sites for hydroxylation is 1. The number of amides is 1. The third kappa shape index (κ3) is 5.91. The Morgan fingerprint density at radius 3 is 2.61 bits per heavy atom. The smallest absolute Gasteiger partial charge is 0.355 e. The molecule has 3 rings (SSSR count). The van der Waals surface area contributed by atoms with Gasteiger partial charge in [-0.25, -0.2) is 4.98 Å². The average molecular weight is 437 g/mol. The fourth-order valence-electron chi connectivity index (χ4n) is 3.39. The van der Waals surface area contributed by atoms with E-state index >= 15 is 0 Å². The Labute approximate surface area is 176 Å². The lowest BCUT2D eigenvalue weighted by molar-refractivity contribution is -0.384. The Morgan fingerprint density at radius 2 is 1.97 bits per heavy atom. The van der Waals surface area contributed by atoms with Gasteiger partial charge in [-0.1, -0.05) is 6.07 Å². The number of anilines is 2. The lowest BCUT2D eigenvalue weighted by atomic mass is 10.2. The van der Waals surface area contributed by atoms with E-state index in [0.29, 0.717) is 44.0 Å². The summed E-state index contributed by atoms with van der Waals surface area (Å²) in [5.74, 6) is 0.0858. The predicted molar refractivity (Wildman–Crippen MR) is 109 cm³/mol. The number of rotatable bonds is 5. The van der Waals surface area contributed by atoms with Crippen molar-refractivity contribution >= 4 is 23.1 Å². The van der Waals surface area contributed by atoms with Crippen LogP contribution in [0, 0.1) is 17.0 Å². The van der Waals surface area contributed by atoms with Crippen molar-refractivity contribution in [2.45, 2.75) is 19.5 Å². The lowest BCUT2D eigenvalue weighted by Gasteiger charge is -2.22. The van der Waals surface area contributed by atoms with Gasteiger partial charge in [0.05, 0.1) is 17.0 Å². The first kappa shape index (κ1) is 22.5. The van der Waals surface area contributed by atoms with Gasteiger partial charge in [-0.05, 0) is 37.1 Å². The van der Waals surface area contributed by atoms with E-state index in [2.05, 4.69) is 10.3 Å². The van der Waals surface area contributed by atoms with Crippen LogP contribution in [0.4, 0.5) is 30.4 Å². The molecule has 0 atom stereocenters. The maximum Gasteiger partial charge on any atom is 0.417 e. The van der Waals surface area contributed by atoms with Gasteiger partial charge < -0.3 is 10.2 Å². The number of halogens is 3. The van der Waals surface area contributed by atoms with Crippen LogP contribution in [0.1, 0.15) is 17.5 Å². The Morgan fingerprint density at radius 1 is 1.19 bits per heavy atom. The van der Waals surface area contributed by atoms with Crippen LogP contribution < -0.4 is 10.2 Å². The number of carbonyl (C=O) groups excluding carboxylic acids is 1. The first-order valence-corrected chi connectivity index (χ1v) is 9.69. The molecule has 0 saturated carbocycles. The number of hydrogen-bond acceptors (Lipinski definition) is 6. The minimum Gasteiger partial charge on any atom is -0.355 e. The summed E-state index contributed by atoms with van der Waals surface area (Å²) in [4.78, 5) is 30.8. The van der Waals surface area contributed by atoms with Crippen LogP contribution in [0.15, 0.2) is 36.5 Å².